The molecule has 118 valence electrons. The average molecular weight is 315 g/mol. The number of aromatic amines is 1. The molecular formula is C15H13N3O5. The number of ketones is 1. The molecule has 4 heterocycles. The minimum atomic E-state index is -0.446. The number of nitrogens with one attached hydrogen (secondary N) is 2. The topological polar surface area (TPSA) is 105 Å². The van der Waals surface area contributed by atoms with Crippen LogP contribution in [-0.2, 0) is 4.74 Å². The first-order valence-electron chi connectivity index (χ1n) is 7.15. The lowest BCUT2D eigenvalue weighted by Gasteiger charge is -2.15. The molecule has 0 saturated carbocycles. The Morgan fingerprint density at radius 1 is 1.30 bits per heavy atom. The molecule has 2 saturated heterocycles. The number of aromatic nitrogens is 1. The summed E-state index contributed by atoms with van der Waals surface area (Å²) in [4.78, 5) is 40.1. The van der Waals surface area contributed by atoms with Crippen LogP contribution in [0.3, 0.4) is 0 Å². The smallest absolute Gasteiger partial charge is 0.407 e. The number of hydrogen-bond acceptors (Lipinski definition) is 5. The van der Waals surface area contributed by atoms with Gasteiger partial charge in [0.1, 0.15) is 11.8 Å². The molecule has 8 nitrogen and oxygen atoms in total. The summed E-state index contributed by atoms with van der Waals surface area (Å²) in [5.41, 5.74) is 0.665. The normalized spacial score (nSPS) is 22.6. The highest BCUT2D eigenvalue weighted by molar-refractivity contribution is 6.08. The number of likely N-dealkylation sites (tertiary alicyclic amines) is 1. The molecule has 0 radical (unpaired) electrons. The maximum atomic E-state index is 12.5. The molecule has 2 N–H and O–H groups in total. The molecule has 8 heteroatoms. The lowest BCUT2D eigenvalue weighted by molar-refractivity contribution is 0.0741. The van der Waals surface area contributed by atoms with Crippen LogP contribution in [0.4, 0.5) is 4.79 Å². The van der Waals surface area contributed by atoms with Crippen molar-refractivity contribution in [2.75, 3.05) is 13.1 Å². The number of fused-ring (bicyclic) bond motifs is 1. The van der Waals surface area contributed by atoms with Gasteiger partial charge in [0, 0.05) is 18.3 Å². The molecule has 0 bridgehead atoms. The maximum absolute atomic E-state index is 12.5. The number of H-pyrrole nitrogens is 1. The van der Waals surface area contributed by atoms with Gasteiger partial charge < -0.3 is 24.4 Å². The summed E-state index contributed by atoms with van der Waals surface area (Å²) in [6.45, 7) is 0.721. The second-order valence-corrected chi connectivity index (χ2v) is 5.51. The summed E-state index contributed by atoms with van der Waals surface area (Å²) in [5, 5.41) is 2.66. The molecule has 2 amide bonds. The Morgan fingerprint density at radius 2 is 2.17 bits per heavy atom. The molecule has 2 aliphatic heterocycles. The van der Waals surface area contributed by atoms with E-state index < -0.39 is 6.09 Å². The SMILES string of the molecule is O=C1N[C@H]2CN(C(=O)c3cc(C(=O)c4ccco4)c[nH]3)C[C@H]2O1. The zero-order chi connectivity index (χ0) is 16.0. The highest BCUT2D eigenvalue weighted by Gasteiger charge is 2.43. The minimum Gasteiger partial charge on any atom is -0.461 e. The fraction of sp³-hybridized carbons (Fsp3) is 0.267. The Hall–Kier alpha value is -3.03. The lowest BCUT2D eigenvalue weighted by Crippen LogP contribution is -2.35. The van der Waals surface area contributed by atoms with Gasteiger partial charge in [-0.25, -0.2) is 4.79 Å². The molecular weight excluding hydrogens is 302 g/mol. The summed E-state index contributed by atoms with van der Waals surface area (Å²) >= 11 is 0. The Bertz CT molecular complexity index is 763. The average Bonchev–Trinajstić information content (AvgIpc) is 3.28. The monoisotopic (exact) mass is 315 g/mol. The number of carbonyl (C=O) groups is 3. The zero-order valence-corrected chi connectivity index (χ0v) is 11.9. The first-order chi connectivity index (χ1) is 11.1. The van der Waals surface area contributed by atoms with E-state index in [4.69, 9.17) is 9.15 Å². The number of ether oxygens (including phenoxy) is 1. The van der Waals surface area contributed by atoms with Crippen LogP contribution in [0.25, 0.3) is 0 Å². The van der Waals surface area contributed by atoms with Gasteiger partial charge >= 0.3 is 6.09 Å². The molecule has 4 rings (SSSR count). The van der Waals surface area contributed by atoms with E-state index in [9.17, 15) is 14.4 Å². The summed E-state index contributed by atoms with van der Waals surface area (Å²) in [7, 11) is 0. The standard InChI is InChI=1S/C15H13N3O5/c19-13(11-2-1-3-22-11)8-4-9(16-5-8)14(20)18-6-10-12(7-18)23-15(21)17-10/h1-5,10,12,16H,6-7H2,(H,17,21)/t10-,12+/m0/s1. The predicted molar refractivity (Wildman–Crippen MR) is 76.0 cm³/mol. The molecule has 0 unspecified atom stereocenters. The van der Waals surface area contributed by atoms with E-state index in [1.165, 1.54) is 18.5 Å². The van der Waals surface area contributed by atoms with E-state index in [2.05, 4.69) is 10.3 Å². The van der Waals surface area contributed by atoms with Gasteiger partial charge in [-0.3, -0.25) is 9.59 Å². The fourth-order valence-corrected chi connectivity index (χ4v) is 2.89. The molecule has 0 aliphatic carbocycles. The van der Waals surface area contributed by atoms with Gasteiger partial charge in [-0.1, -0.05) is 0 Å². The van der Waals surface area contributed by atoms with E-state index >= 15 is 0 Å². The number of alkyl carbamates (subject to hydrolysis) is 1. The van der Waals surface area contributed by atoms with Gasteiger partial charge in [-0.2, -0.15) is 0 Å². The number of furan rings is 1. The third kappa shape index (κ3) is 2.28. The summed E-state index contributed by atoms with van der Waals surface area (Å²) in [6.07, 6.45) is 2.14. The molecule has 2 fully saturated rings. The molecule has 2 aliphatic rings. The number of amides is 2. The fourth-order valence-electron chi connectivity index (χ4n) is 2.89. The van der Waals surface area contributed by atoms with E-state index in [1.54, 1.807) is 17.0 Å². The number of carbonyl (C=O) groups excluding carboxylic acids is 3. The van der Waals surface area contributed by atoms with Crippen molar-refractivity contribution in [2.45, 2.75) is 12.1 Å². The van der Waals surface area contributed by atoms with Gasteiger partial charge in [-0.05, 0) is 18.2 Å². The van der Waals surface area contributed by atoms with E-state index in [0.29, 0.717) is 24.3 Å². The second-order valence-electron chi connectivity index (χ2n) is 5.51. The van der Waals surface area contributed by atoms with Crippen molar-refractivity contribution in [2.24, 2.45) is 0 Å². The van der Waals surface area contributed by atoms with Crippen LogP contribution in [-0.4, -0.2) is 52.9 Å². The zero-order valence-electron chi connectivity index (χ0n) is 11.9. The Balaban J connectivity index is 1.48. The van der Waals surface area contributed by atoms with Crippen LogP contribution in [0.1, 0.15) is 26.6 Å². The first-order valence-corrected chi connectivity index (χ1v) is 7.15. The van der Waals surface area contributed by atoms with Gasteiger partial charge in [0.05, 0.1) is 18.8 Å². The van der Waals surface area contributed by atoms with Crippen molar-refractivity contribution < 1.29 is 23.5 Å². The van der Waals surface area contributed by atoms with Crippen molar-refractivity contribution in [1.29, 1.82) is 0 Å². The van der Waals surface area contributed by atoms with Gasteiger partial charge in [0.2, 0.25) is 5.78 Å². The van der Waals surface area contributed by atoms with Crippen LogP contribution < -0.4 is 5.32 Å². The van der Waals surface area contributed by atoms with Crippen LogP contribution in [0.15, 0.2) is 35.1 Å². The lowest BCUT2D eigenvalue weighted by atomic mass is 10.1. The highest BCUT2D eigenvalue weighted by atomic mass is 16.6. The third-order valence-electron chi connectivity index (χ3n) is 4.04. The highest BCUT2D eigenvalue weighted by Crippen LogP contribution is 2.21. The van der Waals surface area contributed by atoms with Crippen LogP contribution in [0.2, 0.25) is 0 Å². The van der Waals surface area contributed by atoms with E-state index in [-0.39, 0.29) is 29.6 Å². The number of hydrogen-bond donors (Lipinski definition) is 2. The van der Waals surface area contributed by atoms with Crippen molar-refractivity contribution in [1.82, 2.24) is 15.2 Å². The van der Waals surface area contributed by atoms with Gasteiger partial charge in [-0.15, -0.1) is 0 Å². The summed E-state index contributed by atoms with van der Waals surface area (Å²) in [5.74, 6) is -0.315. The van der Waals surface area contributed by atoms with Crippen molar-refractivity contribution in [3.8, 4) is 0 Å². The first kappa shape index (κ1) is 13.6. The van der Waals surface area contributed by atoms with Gasteiger partial charge in [0.15, 0.2) is 5.76 Å². The molecule has 23 heavy (non-hydrogen) atoms. The predicted octanol–water partition coefficient (Wildman–Crippen LogP) is 0.772. The van der Waals surface area contributed by atoms with Crippen LogP contribution in [0, 0.1) is 0 Å². The molecule has 2 atom stereocenters. The molecule has 0 aromatic carbocycles. The van der Waals surface area contributed by atoms with Crippen molar-refractivity contribution in [3.63, 3.8) is 0 Å². The molecule has 2 aromatic rings. The Morgan fingerprint density at radius 3 is 2.91 bits per heavy atom. The number of rotatable bonds is 3. The van der Waals surface area contributed by atoms with Crippen molar-refractivity contribution in [3.05, 3.63) is 47.7 Å². The Labute approximate surface area is 130 Å². The quantitative estimate of drug-likeness (QED) is 0.814. The van der Waals surface area contributed by atoms with Crippen molar-refractivity contribution >= 4 is 17.8 Å². The van der Waals surface area contributed by atoms with Crippen LogP contribution in [0.5, 0.6) is 0 Å². The third-order valence-corrected chi connectivity index (χ3v) is 4.04. The van der Waals surface area contributed by atoms with Gasteiger partial charge in [0.25, 0.3) is 5.91 Å². The van der Waals surface area contributed by atoms with E-state index in [0.717, 1.165) is 0 Å². The minimum absolute atomic E-state index is 0.175. The number of nitrogens with zero attached hydrogens (tertiary/aromatic N) is 1. The maximum Gasteiger partial charge on any atom is 0.407 e. The summed E-state index contributed by atoms with van der Waals surface area (Å²) in [6, 6.07) is 4.52. The molecule has 2 aromatic heterocycles. The molecule has 0 spiro atoms. The van der Waals surface area contributed by atoms with Crippen LogP contribution >= 0.6 is 0 Å². The summed E-state index contributed by atoms with van der Waals surface area (Å²) < 4.78 is 10.1. The largest absolute Gasteiger partial charge is 0.461 e. The Kier molecular flexibility index (Phi) is 2.97. The van der Waals surface area contributed by atoms with E-state index in [1.807, 2.05) is 0 Å². The second kappa shape index (κ2) is 5.01.